The number of nitrogens with zero attached hydrogens (tertiary/aromatic N) is 2. The molecule has 0 aliphatic carbocycles. The molecule has 9 nitrogen and oxygen atoms in total. The van der Waals surface area contributed by atoms with Crippen LogP contribution in [0.25, 0.3) is 11.5 Å². The molecule has 0 saturated carbocycles. The van der Waals surface area contributed by atoms with Crippen molar-refractivity contribution in [1.82, 2.24) is 9.29 Å². The fraction of sp³-hybridized carbons (Fsp3) is 0.333. The highest BCUT2D eigenvalue weighted by molar-refractivity contribution is 7.89. The summed E-state index contributed by atoms with van der Waals surface area (Å²) in [5.74, 6) is 0.297. The van der Waals surface area contributed by atoms with Crippen molar-refractivity contribution in [3.05, 3.63) is 65.5 Å². The third kappa shape index (κ3) is 4.84. The number of β-amino-alcohol motifs (C(OH)–C–C–N with tert-alkyl or cyclic N) is 1. The van der Waals surface area contributed by atoms with Crippen LogP contribution in [-0.4, -0.2) is 54.6 Å². The molecule has 1 fully saturated rings. The third-order valence-corrected chi connectivity index (χ3v) is 7.71. The number of ether oxygens (including phenoxy) is 2. The van der Waals surface area contributed by atoms with Crippen molar-refractivity contribution in [3.63, 3.8) is 0 Å². The maximum atomic E-state index is 13.2. The molecule has 1 N–H and O–H groups in total. The number of sulfonamides is 1. The first kappa shape index (κ1) is 23.9. The van der Waals surface area contributed by atoms with Crippen molar-refractivity contribution >= 4 is 16.0 Å². The number of aryl methyl sites for hydroxylation is 2. The van der Waals surface area contributed by atoms with Gasteiger partial charge in [0.2, 0.25) is 15.9 Å². The van der Waals surface area contributed by atoms with E-state index in [2.05, 4.69) is 4.98 Å². The molecule has 0 radical (unpaired) electrons. The fourth-order valence-electron chi connectivity index (χ4n) is 3.75. The van der Waals surface area contributed by atoms with E-state index >= 15 is 0 Å². The Morgan fingerprint density at radius 2 is 1.91 bits per heavy atom. The lowest BCUT2D eigenvalue weighted by molar-refractivity contribution is -0.149. The topological polar surface area (TPSA) is 119 Å². The normalized spacial score (nSPS) is 18.7. The van der Waals surface area contributed by atoms with Crippen LogP contribution < -0.4 is 4.74 Å². The number of hydrogen-bond acceptors (Lipinski definition) is 8. The molecule has 2 atom stereocenters. The summed E-state index contributed by atoms with van der Waals surface area (Å²) in [6.07, 6.45) is 0.367. The first-order valence-corrected chi connectivity index (χ1v) is 12.2. The minimum Gasteiger partial charge on any atom is -0.497 e. The van der Waals surface area contributed by atoms with E-state index in [4.69, 9.17) is 13.9 Å². The number of esters is 1. The number of methoxy groups -OCH3 is 1. The number of carbonyl (C=O) groups excluding carboxylic acids is 1. The van der Waals surface area contributed by atoms with E-state index in [1.54, 1.807) is 43.5 Å². The van der Waals surface area contributed by atoms with E-state index in [0.717, 1.165) is 21.0 Å². The van der Waals surface area contributed by atoms with Crippen molar-refractivity contribution in [2.75, 3.05) is 13.7 Å². The minimum atomic E-state index is -4.00. The summed E-state index contributed by atoms with van der Waals surface area (Å²) < 4.78 is 43.4. The van der Waals surface area contributed by atoms with Crippen LogP contribution in [-0.2, 0) is 26.2 Å². The number of aliphatic hydroxyl groups excluding tert-OH is 1. The molecule has 10 heteroatoms. The second-order valence-electron chi connectivity index (χ2n) is 8.21. The first-order valence-electron chi connectivity index (χ1n) is 10.7. The largest absolute Gasteiger partial charge is 0.497 e. The van der Waals surface area contributed by atoms with Gasteiger partial charge in [0.25, 0.3) is 0 Å². The van der Waals surface area contributed by atoms with Gasteiger partial charge < -0.3 is 19.0 Å². The first-order chi connectivity index (χ1) is 16.2. The monoisotopic (exact) mass is 486 g/mol. The van der Waals surface area contributed by atoms with Crippen LogP contribution in [0.1, 0.15) is 23.2 Å². The van der Waals surface area contributed by atoms with Crippen LogP contribution in [0.15, 0.2) is 58.0 Å². The van der Waals surface area contributed by atoms with Gasteiger partial charge in [0.15, 0.2) is 0 Å². The van der Waals surface area contributed by atoms with Gasteiger partial charge in [-0.05, 0) is 61.4 Å². The number of hydrogen-bond donors (Lipinski definition) is 1. The lowest BCUT2D eigenvalue weighted by Crippen LogP contribution is -2.41. The lowest BCUT2D eigenvalue weighted by Gasteiger charge is -2.22. The maximum absolute atomic E-state index is 13.2. The Kier molecular flexibility index (Phi) is 6.74. The molecule has 1 saturated heterocycles. The van der Waals surface area contributed by atoms with Crippen LogP contribution in [0.2, 0.25) is 0 Å². The number of aliphatic hydroxyl groups is 1. The highest BCUT2D eigenvalue weighted by Gasteiger charge is 2.44. The number of rotatable bonds is 7. The molecule has 34 heavy (non-hydrogen) atoms. The van der Waals surface area contributed by atoms with Gasteiger partial charge in [-0.15, -0.1) is 0 Å². The smallest absolute Gasteiger partial charge is 0.324 e. The summed E-state index contributed by atoms with van der Waals surface area (Å²) in [5, 5.41) is 10.1. The molecule has 1 aromatic heterocycles. The minimum absolute atomic E-state index is 0.0428. The average molecular weight is 487 g/mol. The molecule has 1 unspecified atom stereocenters. The second-order valence-corrected chi connectivity index (χ2v) is 10.1. The number of oxazole rings is 1. The Hall–Kier alpha value is -3.21. The van der Waals surface area contributed by atoms with Crippen molar-refractivity contribution in [2.24, 2.45) is 0 Å². The van der Waals surface area contributed by atoms with E-state index in [1.165, 1.54) is 12.3 Å². The van der Waals surface area contributed by atoms with Crippen molar-refractivity contribution in [1.29, 1.82) is 0 Å². The standard InChI is InChI=1S/C24H26N2O7S/c1-15-4-9-21(10-16(15)2)34(29,30)26-12-19(27)11-22(26)24(28)33-14-18-13-32-23(25-18)17-5-7-20(31-3)8-6-17/h4-10,13,19,22,27H,11-12,14H2,1-3H3/t19?,22-/m0/s1. The van der Waals surface area contributed by atoms with E-state index in [9.17, 15) is 18.3 Å². The molecule has 0 bridgehead atoms. The molecule has 0 spiro atoms. The Bertz CT molecular complexity index is 1280. The average Bonchev–Trinajstić information content (AvgIpc) is 3.46. The van der Waals surface area contributed by atoms with Crippen molar-refractivity contribution < 1.29 is 32.2 Å². The van der Waals surface area contributed by atoms with E-state index in [-0.39, 0.29) is 24.5 Å². The highest BCUT2D eigenvalue weighted by atomic mass is 32.2. The van der Waals surface area contributed by atoms with Crippen LogP contribution in [0.5, 0.6) is 5.75 Å². The molecular weight excluding hydrogens is 460 g/mol. The Morgan fingerprint density at radius 1 is 1.18 bits per heavy atom. The summed E-state index contributed by atoms with van der Waals surface area (Å²) in [6.45, 7) is 3.33. The summed E-state index contributed by atoms with van der Waals surface area (Å²) in [4.78, 5) is 17.2. The van der Waals surface area contributed by atoms with Crippen molar-refractivity contribution in [2.45, 2.75) is 43.9 Å². The van der Waals surface area contributed by atoms with Gasteiger partial charge >= 0.3 is 5.97 Å². The molecule has 3 aromatic rings. The Balaban J connectivity index is 1.45. The lowest BCUT2D eigenvalue weighted by atomic mass is 10.1. The van der Waals surface area contributed by atoms with E-state index in [1.807, 2.05) is 13.8 Å². The Morgan fingerprint density at radius 3 is 2.59 bits per heavy atom. The van der Waals surface area contributed by atoms with Crippen LogP contribution in [0, 0.1) is 13.8 Å². The SMILES string of the molecule is COc1ccc(-c2nc(COC(=O)[C@@H]3CC(O)CN3S(=O)(=O)c3ccc(C)c(C)c3)co2)cc1. The molecule has 0 amide bonds. The van der Waals surface area contributed by atoms with Gasteiger partial charge in [-0.3, -0.25) is 4.79 Å². The van der Waals surface area contributed by atoms with Crippen molar-refractivity contribution in [3.8, 4) is 17.2 Å². The summed E-state index contributed by atoms with van der Waals surface area (Å²) in [6, 6.07) is 10.8. The van der Waals surface area contributed by atoms with Crippen LogP contribution >= 0.6 is 0 Å². The van der Waals surface area contributed by atoms with Gasteiger partial charge in [-0.25, -0.2) is 13.4 Å². The summed E-state index contributed by atoms with van der Waals surface area (Å²) in [7, 11) is -2.42. The molecule has 2 heterocycles. The zero-order valence-corrected chi connectivity index (χ0v) is 19.9. The zero-order chi connectivity index (χ0) is 24.5. The quantitative estimate of drug-likeness (QED) is 0.507. The van der Waals surface area contributed by atoms with Gasteiger partial charge in [0.05, 0.1) is 18.1 Å². The second kappa shape index (κ2) is 9.57. The fourth-order valence-corrected chi connectivity index (χ4v) is 5.47. The van der Waals surface area contributed by atoms with Crippen LogP contribution in [0.3, 0.4) is 0 Å². The van der Waals surface area contributed by atoms with Gasteiger partial charge in [-0.2, -0.15) is 4.31 Å². The number of aromatic nitrogens is 1. The molecular formula is C24H26N2O7S. The van der Waals surface area contributed by atoms with Gasteiger partial charge in [-0.1, -0.05) is 6.07 Å². The molecule has 4 rings (SSSR count). The molecule has 1 aliphatic heterocycles. The van der Waals surface area contributed by atoms with E-state index < -0.39 is 28.1 Å². The summed E-state index contributed by atoms with van der Waals surface area (Å²) >= 11 is 0. The third-order valence-electron chi connectivity index (χ3n) is 5.84. The molecule has 1 aliphatic rings. The Labute approximate surface area is 198 Å². The maximum Gasteiger partial charge on any atom is 0.324 e. The predicted octanol–water partition coefficient (Wildman–Crippen LogP) is 2.83. The number of carbonyl (C=O) groups is 1. The van der Waals surface area contributed by atoms with Gasteiger partial charge in [0, 0.05) is 18.5 Å². The summed E-state index contributed by atoms with van der Waals surface area (Å²) in [5.41, 5.74) is 2.88. The van der Waals surface area contributed by atoms with Crippen LogP contribution in [0.4, 0.5) is 0 Å². The predicted molar refractivity (Wildman–Crippen MR) is 123 cm³/mol. The van der Waals surface area contributed by atoms with E-state index in [0.29, 0.717) is 17.3 Å². The highest BCUT2D eigenvalue weighted by Crippen LogP contribution is 2.29. The zero-order valence-electron chi connectivity index (χ0n) is 19.1. The number of benzene rings is 2. The molecule has 180 valence electrons. The molecule has 2 aromatic carbocycles. The van der Waals surface area contributed by atoms with Gasteiger partial charge in [0.1, 0.15) is 30.4 Å².